The quantitative estimate of drug-likeness (QED) is 0.686. The standard InChI is InChI=1S/C13H14O/c1-4-9(2)13-10(3)11-7-5-6-8-12(11)14-13/h5-8H,2,4H2,1,3H3. The Hall–Kier alpha value is -1.50. The van der Waals surface area contributed by atoms with E-state index in [2.05, 4.69) is 26.5 Å². The molecule has 0 saturated heterocycles. The number of benzene rings is 1. The predicted octanol–water partition coefficient (Wildman–Crippen LogP) is 4.16. The summed E-state index contributed by atoms with van der Waals surface area (Å²) < 4.78 is 5.75. The van der Waals surface area contributed by atoms with E-state index in [0.29, 0.717) is 0 Å². The largest absolute Gasteiger partial charge is 0.456 e. The second kappa shape index (κ2) is 3.33. The summed E-state index contributed by atoms with van der Waals surface area (Å²) in [5.74, 6) is 0.953. The molecular formula is C13H14O. The van der Waals surface area contributed by atoms with E-state index in [1.807, 2.05) is 18.2 Å². The van der Waals surface area contributed by atoms with Crippen molar-refractivity contribution in [3.63, 3.8) is 0 Å². The number of furan rings is 1. The summed E-state index contributed by atoms with van der Waals surface area (Å²) in [5.41, 5.74) is 3.22. The van der Waals surface area contributed by atoms with Crippen molar-refractivity contribution in [3.05, 3.63) is 42.2 Å². The molecule has 0 saturated carbocycles. The predicted molar refractivity (Wildman–Crippen MR) is 60.3 cm³/mol. The number of allylic oxidation sites excluding steroid dienone is 1. The molecule has 2 aromatic rings. The number of fused-ring (bicyclic) bond motifs is 1. The zero-order chi connectivity index (χ0) is 10.1. The maximum Gasteiger partial charge on any atom is 0.135 e. The van der Waals surface area contributed by atoms with E-state index in [-0.39, 0.29) is 0 Å². The highest BCUT2D eigenvalue weighted by Crippen LogP contribution is 2.30. The minimum absolute atomic E-state index is 0.931. The molecule has 0 amide bonds. The zero-order valence-corrected chi connectivity index (χ0v) is 8.63. The molecular weight excluding hydrogens is 172 g/mol. The van der Waals surface area contributed by atoms with Gasteiger partial charge in [-0.05, 0) is 25.0 Å². The van der Waals surface area contributed by atoms with Crippen molar-refractivity contribution in [1.82, 2.24) is 0 Å². The lowest BCUT2D eigenvalue weighted by Crippen LogP contribution is -1.79. The fourth-order valence-electron chi connectivity index (χ4n) is 1.67. The third-order valence-corrected chi connectivity index (χ3v) is 2.59. The second-order valence-electron chi connectivity index (χ2n) is 3.51. The van der Waals surface area contributed by atoms with Gasteiger partial charge < -0.3 is 4.42 Å². The van der Waals surface area contributed by atoms with E-state index < -0.39 is 0 Å². The Kier molecular flexibility index (Phi) is 2.16. The zero-order valence-electron chi connectivity index (χ0n) is 8.63. The minimum Gasteiger partial charge on any atom is -0.456 e. The van der Waals surface area contributed by atoms with Gasteiger partial charge in [-0.2, -0.15) is 0 Å². The molecule has 1 aromatic heterocycles. The number of para-hydroxylation sites is 1. The van der Waals surface area contributed by atoms with Crippen LogP contribution in [0, 0.1) is 6.92 Å². The number of aryl methyl sites for hydroxylation is 1. The van der Waals surface area contributed by atoms with Gasteiger partial charge in [0.2, 0.25) is 0 Å². The fraction of sp³-hybridized carbons (Fsp3) is 0.231. The molecule has 0 aliphatic carbocycles. The van der Waals surface area contributed by atoms with Gasteiger partial charge >= 0.3 is 0 Å². The first kappa shape index (κ1) is 9.07. The lowest BCUT2D eigenvalue weighted by molar-refractivity contribution is 0.594. The van der Waals surface area contributed by atoms with Crippen LogP contribution in [0.15, 0.2) is 35.3 Å². The monoisotopic (exact) mass is 186 g/mol. The smallest absolute Gasteiger partial charge is 0.135 e. The second-order valence-corrected chi connectivity index (χ2v) is 3.51. The van der Waals surface area contributed by atoms with Crippen LogP contribution in [0.25, 0.3) is 16.5 Å². The summed E-state index contributed by atoms with van der Waals surface area (Å²) in [5, 5.41) is 1.19. The molecule has 0 spiro atoms. The van der Waals surface area contributed by atoms with E-state index in [9.17, 15) is 0 Å². The van der Waals surface area contributed by atoms with Crippen LogP contribution in [0.3, 0.4) is 0 Å². The highest BCUT2D eigenvalue weighted by atomic mass is 16.3. The average molecular weight is 186 g/mol. The van der Waals surface area contributed by atoms with Crippen molar-refractivity contribution in [3.8, 4) is 0 Å². The summed E-state index contributed by atoms with van der Waals surface area (Å²) in [6.07, 6.45) is 0.931. The Morgan fingerprint density at radius 3 is 2.71 bits per heavy atom. The van der Waals surface area contributed by atoms with Crippen LogP contribution in [0.5, 0.6) is 0 Å². The molecule has 1 nitrogen and oxygen atoms in total. The Labute approximate surface area is 84.0 Å². The van der Waals surface area contributed by atoms with Gasteiger partial charge in [-0.1, -0.05) is 31.7 Å². The number of hydrogen-bond donors (Lipinski definition) is 0. The maximum atomic E-state index is 5.75. The van der Waals surface area contributed by atoms with Gasteiger partial charge in [-0.25, -0.2) is 0 Å². The third kappa shape index (κ3) is 1.25. The van der Waals surface area contributed by atoms with Crippen LogP contribution in [0.1, 0.15) is 24.7 Å². The third-order valence-electron chi connectivity index (χ3n) is 2.59. The first-order valence-corrected chi connectivity index (χ1v) is 4.90. The molecule has 1 heterocycles. The Morgan fingerprint density at radius 1 is 1.36 bits per heavy atom. The Balaban J connectivity index is 2.68. The van der Waals surface area contributed by atoms with Gasteiger partial charge in [0, 0.05) is 10.9 Å². The van der Waals surface area contributed by atoms with Gasteiger partial charge in [0.05, 0.1) is 0 Å². The molecule has 0 aliphatic heterocycles. The van der Waals surface area contributed by atoms with Crippen molar-refractivity contribution in [2.75, 3.05) is 0 Å². The summed E-state index contributed by atoms with van der Waals surface area (Å²) >= 11 is 0. The average Bonchev–Trinajstić information content (AvgIpc) is 2.56. The minimum atomic E-state index is 0.931. The molecule has 0 radical (unpaired) electrons. The van der Waals surface area contributed by atoms with Crippen molar-refractivity contribution < 1.29 is 4.42 Å². The molecule has 0 N–H and O–H groups in total. The van der Waals surface area contributed by atoms with Crippen LogP contribution < -0.4 is 0 Å². The molecule has 0 fully saturated rings. The number of hydrogen-bond acceptors (Lipinski definition) is 1. The Morgan fingerprint density at radius 2 is 2.07 bits per heavy atom. The van der Waals surface area contributed by atoms with Gasteiger partial charge in [0.15, 0.2) is 0 Å². The summed E-state index contributed by atoms with van der Waals surface area (Å²) in [7, 11) is 0. The van der Waals surface area contributed by atoms with Crippen molar-refractivity contribution >= 4 is 16.5 Å². The van der Waals surface area contributed by atoms with Crippen LogP contribution in [0.2, 0.25) is 0 Å². The van der Waals surface area contributed by atoms with E-state index in [1.54, 1.807) is 0 Å². The van der Waals surface area contributed by atoms with Gasteiger partial charge in [0.1, 0.15) is 11.3 Å². The molecule has 2 rings (SSSR count). The lowest BCUT2D eigenvalue weighted by Gasteiger charge is -1.97. The topological polar surface area (TPSA) is 13.1 Å². The van der Waals surface area contributed by atoms with Crippen LogP contribution in [-0.4, -0.2) is 0 Å². The first-order chi connectivity index (χ1) is 6.74. The van der Waals surface area contributed by atoms with Crippen molar-refractivity contribution in [1.29, 1.82) is 0 Å². The molecule has 0 unspecified atom stereocenters. The van der Waals surface area contributed by atoms with Crippen LogP contribution in [0.4, 0.5) is 0 Å². The van der Waals surface area contributed by atoms with Crippen LogP contribution >= 0.6 is 0 Å². The summed E-state index contributed by atoms with van der Waals surface area (Å²) in [4.78, 5) is 0. The van der Waals surface area contributed by atoms with Gasteiger partial charge in [-0.15, -0.1) is 0 Å². The molecule has 1 heteroatoms. The SMILES string of the molecule is C=C(CC)c1oc2ccccc2c1C. The van der Waals surface area contributed by atoms with Crippen LogP contribution in [-0.2, 0) is 0 Å². The summed E-state index contributed by atoms with van der Waals surface area (Å²) in [6.45, 7) is 8.18. The molecule has 72 valence electrons. The molecule has 0 aliphatic rings. The maximum absolute atomic E-state index is 5.75. The van der Waals surface area contributed by atoms with E-state index >= 15 is 0 Å². The van der Waals surface area contributed by atoms with Gasteiger partial charge in [0.25, 0.3) is 0 Å². The molecule has 0 bridgehead atoms. The van der Waals surface area contributed by atoms with E-state index in [1.165, 1.54) is 10.9 Å². The summed E-state index contributed by atoms with van der Waals surface area (Å²) in [6, 6.07) is 8.10. The lowest BCUT2D eigenvalue weighted by atomic mass is 10.1. The van der Waals surface area contributed by atoms with Crippen molar-refractivity contribution in [2.45, 2.75) is 20.3 Å². The van der Waals surface area contributed by atoms with E-state index in [4.69, 9.17) is 4.42 Å². The Bertz CT molecular complexity index is 477. The normalized spacial score (nSPS) is 10.7. The highest BCUT2D eigenvalue weighted by Gasteiger charge is 2.10. The fourth-order valence-corrected chi connectivity index (χ4v) is 1.67. The van der Waals surface area contributed by atoms with Gasteiger partial charge in [-0.3, -0.25) is 0 Å². The van der Waals surface area contributed by atoms with Crippen molar-refractivity contribution in [2.24, 2.45) is 0 Å². The first-order valence-electron chi connectivity index (χ1n) is 4.90. The molecule has 14 heavy (non-hydrogen) atoms. The molecule has 0 atom stereocenters. The number of rotatable bonds is 2. The molecule has 1 aromatic carbocycles. The highest BCUT2D eigenvalue weighted by molar-refractivity contribution is 5.85. The van der Waals surface area contributed by atoms with E-state index in [0.717, 1.165) is 23.3 Å².